The summed E-state index contributed by atoms with van der Waals surface area (Å²) in [4.78, 5) is 31.5. The zero-order valence-corrected chi connectivity index (χ0v) is 23.7. The molecule has 4 rings (SSSR count). The van der Waals surface area contributed by atoms with Gasteiger partial charge in [-0.3, -0.25) is 14.6 Å². The molecule has 0 spiro atoms. The average molecular weight is 554 g/mol. The molecular formula is C34H36FN3O3. The minimum absolute atomic E-state index is 0.0196. The smallest absolute Gasteiger partial charge is 0.193 e. The van der Waals surface area contributed by atoms with Crippen molar-refractivity contribution in [3.63, 3.8) is 0 Å². The van der Waals surface area contributed by atoms with Gasteiger partial charge in [0.05, 0.1) is 23.4 Å². The van der Waals surface area contributed by atoms with Gasteiger partial charge in [0, 0.05) is 58.5 Å². The van der Waals surface area contributed by atoms with E-state index in [4.69, 9.17) is 20.5 Å². The Morgan fingerprint density at radius 1 is 1.15 bits per heavy atom. The lowest BCUT2D eigenvalue weighted by Gasteiger charge is -2.18. The quantitative estimate of drug-likeness (QED) is 0.250. The maximum Gasteiger partial charge on any atom is 0.193 e. The van der Waals surface area contributed by atoms with Gasteiger partial charge in [0.1, 0.15) is 5.82 Å². The number of benzene rings is 1. The van der Waals surface area contributed by atoms with Gasteiger partial charge in [0.15, 0.2) is 11.6 Å². The topological polar surface area (TPSA) is 103 Å². The van der Waals surface area contributed by atoms with E-state index in [1.165, 1.54) is 24.3 Å². The number of halogens is 1. The fourth-order valence-corrected chi connectivity index (χ4v) is 5.33. The van der Waals surface area contributed by atoms with Crippen LogP contribution in [0.4, 0.5) is 4.39 Å². The van der Waals surface area contributed by atoms with Crippen LogP contribution in [0.3, 0.4) is 0 Å². The molecule has 0 atom stereocenters. The van der Waals surface area contributed by atoms with E-state index in [-0.39, 0.29) is 52.8 Å². The lowest BCUT2D eigenvalue weighted by Crippen LogP contribution is -2.34. The molecule has 0 bridgehead atoms. The van der Waals surface area contributed by atoms with Gasteiger partial charge in [-0.25, -0.2) is 4.39 Å². The van der Waals surface area contributed by atoms with Crippen molar-refractivity contribution in [3.8, 4) is 0 Å². The van der Waals surface area contributed by atoms with Gasteiger partial charge in [-0.1, -0.05) is 50.8 Å². The monoisotopic (exact) mass is 553 g/mol. The van der Waals surface area contributed by atoms with Gasteiger partial charge in [-0.15, -0.1) is 0 Å². The van der Waals surface area contributed by atoms with E-state index in [9.17, 15) is 9.59 Å². The summed E-state index contributed by atoms with van der Waals surface area (Å²) in [5, 5.41) is 18.9. The SMILES string of the molecule is C=Cc1cc(=C)cc2c(c1=NC1CCOCC1)=C(C(=O)c1cccc(C(=N)CC(=O)C=C(CC)CC)c1F)CC2=N. The Hall–Kier alpha value is -4.10. The standard InChI is InChI=1S/C34H36FN3O3/c1-5-21(6-2)17-24(39)18-29(36)25-9-8-10-26(32(25)35)34(40)28-19-30(37)27-16-20(4)15-22(7-3)33(31(27)28)38-23-11-13-41-14-12-23/h7-10,15-17,23,36-37H,3-6,11-14,18-19H2,1-2H3. The highest BCUT2D eigenvalue weighted by molar-refractivity contribution is 6.31. The second-order valence-electron chi connectivity index (χ2n) is 10.4. The van der Waals surface area contributed by atoms with Crippen molar-refractivity contribution in [2.75, 3.05) is 13.2 Å². The number of ketones is 2. The van der Waals surface area contributed by atoms with Crippen molar-refractivity contribution in [2.45, 2.75) is 58.4 Å². The van der Waals surface area contributed by atoms with Gasteiger partial charge in [0.2, 0.25) is 0 Å². The molecule has 0 saturated carbocycles. The van der Waals surface area contributed by atoms with Crippen LogP contribution in [-0.2, 0) is 9.53 Å². The summed E-state index contributed by atoms with van der Waals surface area (Å²) in [6.07, 6.45) is 5.86. The van der Waals surface area contributed by atoms with Crippen molar-refractivity contribution in [1.82, 2.24) is 0 Å². The van der Waals surface area contributed by atoms with Crippen molar-refractivity contribution < 1.29 is 18.7 Å². The molecule has 1 aliphatic carbocycles. The Kier molecular flexibility index (Phi) is 9.50. The number of nitrogens with one attached hydrogen (secondary N) is 2. The molecule has 0 amide bonds. The summed E-state index contributed by atoms with van der Waals surface area (Å²) in [6, 6.07) is 7.88. The number of hydrogen-bond donors (Lipinski definition) is 2. The van der Waals surface area contributed by atoms with E-state index < -0.39 is 11.6 Å². The molecular weight excluding hydrogens is 517 g/mol. The van der Waals surface area contributed by atoms with Gasteiger partial charge in [-0.2, -0.15) is 0 Å². The largest absolute Gasteiger partial charge is 0.381 e. The predicted molar refractivity (Wildman–Crippen MR) is 161 cm³/mol. The minimum atomic E-state index is -0.844. The van der Waals surface area contributed by atoms with Crippen LogP contribution in [0.1, 0.15) is 79.4 Å². The average Bonchev–Trinajstić information content (AvgIpc) is 3.20. The number of hydrogen-bond acceptors (Lipinski definition) is 6. The zero-order chi connectivity index (χ0) is 29.7. The molecule has 2 aromatic rings. The Bertz CT molecular complexity index is 1660. The molecule has 0 unspecified atom stereocenters. The Labute approximate surface area is 239 Å². The van der Waals surface area contributed by atoms with Crippen molar-refractivity contribution >= 4 is 41.2 Å². The molecule has 212 valence electrons. The Morgan fingerprint density at radius 2 is 1.83 bits per heavy atom. The molecule has 0 aromatic heterocycles. The van der Waals surface area contributed by atoms with Crippen LogP contribution >= 0.6 is 0 Å². The Balaban J connectivity index is 1.86. The molecule has 2 aromatic carbocycles. The molecule has 1 heterocycles. The minimum Gasteiger partial charge on any atom is -0.381 e. The van der Waals surface area contributed by atoms with Gasteiger partial charge < -0.3 is 15.6 Å². The second kappa shape index (κ2) is 13.0. The van der Waals surface area contributed by atoms with Crippen LogP contribution in [0.5, 0.6) is 0 Å². The van der Waals surface area contributed by atoms with Crippen LogP contribution < -0.4 is 15.8 Å². The maximum atomic E-state index is 15.9. The third kappa shape index (κ3) is 6.46. The lowest BCUT2D eigenvalue weighted by molar-refractivity contribution is -0.113. The van der Waals surface area contributed by atoms with E-state index >= 15 is 4.39 Å². The summed E-state index contributed by atoms with van der Waals surface area (Å²) < 4.78 is 21.4. The molecule has 0 radical (unpaired) electrons. The Morgan fingerprint density at radius 3 is 2.49 bits per heavy atom. The first-order chi connectivity index (χ1) is 19.7. The first kappa shape index (κ1) is 29.9. The van der Waals surface area contributed by atoms with E-state index in [0.717, 1.165) is 31.3 Å². The van der Waals surface area contributed by atoms with Crippen LogP contribution in [0.25, 0.3) is 18.2 Å². The van der Waals surface area contributed by atoms with Crippen LogP contribution in [0.15, 0.2) is 53.6 Å². The van der Waals surface area contributed by atoms with E-state index in [1.54, 1.807) is 12.1 Å². The molecule has 1 fully saturated rings. The number of ether oxygens (including phenoxy) is 1. The van der Waals surface area contributed by atoms with Crippen molar-refractivity contribution in [3.05, 3.63) is 92.4 Å². The first-order valence-electron chi connectivity index (χ1n) is 14.0. The van der Waals surface area contributed by atoms with Crippen molar-refractivity contribution in [1.29, 1.82) is 10.8 Å². The fraction of sp³-hybridized carbons (Fsp3) is 0.324. The number of allylic oxidation sites excluding steroid dienone is 2. The zero-order valence-electron chi connectivity index (χ0n) is 23.7. The summed E-state index contributed by atoms with van der Waals surface area (Å²) in [5.41, 5.74) is 2.22. The highest BCUT2D eigenvalue weighted by atomic mass is 19.1. The van der Waals surface area contributed by atoms with Crippen LogP contribution in [0, 0.1) is 16.6 Å². The number of carbonyl (C=O) groups excluding carboxylic acids is 2. The number of Topliss-reactive ketones (excluding diaryl/α,β-unsaturated/α-hetero) is 1. The van der Waals surface area contributed by atoms with E-state index in [0.29, 0.717) is 40.1 Å². The number of fused-ring (bicyclic) bond motifs is 1. The summed E-state index contributed by atoms with van der Waals surface area (Å²) >= 11 is 0. The molecule has 6 nitrogen and oxygen atoms in total. The molecule has 2 N–H and O–H groups in total. The normalized spacial score (nSPS) is 15.4. The first-order valence-corrected chi connectivity index (χ1v) is 14.0. The molecule has 7 heteroatoms. The fourth-order valence-electron chi connectivity index (χ4n) is 5.33. The third-order valence-electron chi connectivity index (χ3n) is 7.62. The van der Waals surface area contributed by atoms with E-state index in [2.05, 4.69) is 13.2 Å². The number of nitrogens with zero attached hydrogens (tertiary/aromatic N) is 1. The molecule has 41 heavy (non-hydrogen) atoms. The van der Waals surface area contributed by atoms with Crippen LogP contribution in [0.2, 0.25) is 0 Å². The summed E-state index contributed by atoms with van der Waals surface area (Å²) in [5.74, 6) is -1.69. The van der Waals surface area contributed by atoms with Gasteiger partial charge in [0.25, 0.3) is 0 Å². The van der Waals surface area contributed by atoms with Gasteiger partial charge >= 0.3 is 0 Å². The molecule has 1 saturated heterocycles. The number of rotatable bonds is 10. The molecule has 1 aliphatic heterocycles. The number of carbonyl (C=O) groups is 2. The third-order valence-corrected chi connectivity index (χ3v) is 7.62. The van der Waals surface area contributed by atoms with Crippen molar-refractivity contribution in [2.24, 2.45) is 4.99 Å². The van der Waals surface area contributed by atoms with Gasteiger partial charge in [-0.05, 0) is 55.2 Å². The van der Waals surface area contributed by atoms with Crippen LogP contribution in [-0.4, -0.2) is 42.2 Å². The predicted octanol–water partition coefficient (Wildman–Crippen LogP) is 4.84. The maximum absolute atomic E-state index is 15.9. The highest BCUT2D eigenvalue weighted by Crippen LogP contribution is 2.23. The second-order valence-corrected chi connectivity index (χ2v) is 10.4. The molecule has 2 aliphatic rings. The lowest BCUT2D eigenvalue weighted by atomic mass is 9.95. The summed E-state index contributed by atoms with van der Waals surface area (Å²) in [7, 11) is 0. The summed E-state index contributed by atoms with van der Waals surface area (Å²) in [6.45, 7) is 13.1. The van der Waals surface area contributed by atoms with E-state index in [1.807, 2.05) is 19.9 Å². The highest BCUT2D eigenvalue weighted by Gasteiger charge is 2.28.